The van der Waals surface area contributed by atoms with Gasteiger partial charge in [0.1, 0.15) is 0 Å². The Bertz CT molecular complexity index is 507. The molecule has 1 fully saturated rings. The SMILES string of the molecule is CNC1CCCN(C(C)C(=O)N2CCc3sccc3C2)C1.Cl. The predicted molar refractivity (Wildman–Crippen MR) is 93.8 cm³/mol. The van der Waals surface area contributed by atoms with Gasteiger partial charge in [-0.1, -0.05) is 0 Å². The van der Waals surface area contributed by atoms with Gasteiger partial charge in [0.2, 0.25) is 5.91 Å². The molecular formula is C16H26ClN3OS. The third kappa shape index (κ3) is 3.65. The van der Waals surface area contributed by atoms with Gasteiger partial charge in [0.15, 0.2) is 0 Å². The molecule has 1 aromatic heterocycles. The number of fused-ring (bicyclic) bond motifs is 1. The Hall–Kier alpha value is -0.620. The summed E-state index contributed by atoms with van der Waals surface area (Å²) in [6.07, 6.45) is 3.41. The average Bonchev–Trinajstić information content (AvgIpc) is 3.01. The predicted octanol–water partition coefficient (Wildman–Crippen LogP) is 2.13. The van der Waals surface area contributed by atoms with Gasteiger partial charge in [-0.25, -0.2) is 0 Å². The molecule has 0 spiro atoms. The molecule has 124 valence electrons. The summed E-state index contributed by atoms with van der Waals surface area (Å²) >= 11 is 1.82. The lowest BCUT2D eigenvalue weighted by Crippen LogP contribution is -2.54. The zero-order chi connectivity index (χ0) is 14.8. The molecule has 1 amide bonds. The van der Waals surface area contributed by atoms with Crippen LogP contribution in [0.3, 0.4) is 0 Å². The number of nitrogens with one attached hydrogen (secondary N) is 1. The van der Waals surface area contributed by atoms with Crippen LogP contribution in [0, 0.1) is 0 Å². The van der Waals surface area contributed by atoms with E-state index in [1.165, 1.54) is 23.3 Å². The quantitative estimate of drug-likeness (QED) is 0.913. The van der Waals surface area contributed by atoms with Crippen LogP contribution in [0.2, 0.25) is 0 Å². The minimum atomic E-state index is 0. The number of nitrogens with zero attached hydrogens (tertiary/aromatic N) is 2. The first-order chi connectivity index (χ1) is 10.2. The van der Waals surface area contributed by atoms with Crippen molar-refractivity contribution in [3.8, 4) is 0 Å². The number of hydrogen-bond donors (Lipinski definition) is 1. The van der Waals surface area contributed by atoms with Gasteiger partial charge in [-0.05, 0) is 56.8 Å². The first kappa shape index (κ1) is 17.7. The minimum absolute atomic E-state index is 0. The molecule has 0 bridgehead atoms. The monoisotopic (exact) mass is 343 g/mol. The van der Waals surface area contributed by atoms with Crippen molar-refractivity contribution in [2.24, 2.45) is 0 Å². The molecule has 2 aliphatic rings. The molecule has 2 unspecified atom stereocenters. The van der Waals surface area contributed by atoms with E-state index in [0.717, 1.165) is 32.6 Å². The van der Waals surface area contributed by atoms with Gasteiger partial charge in [-0.15, -0.1) is 23.7 Å². The van der Waals surface area contributed by atoms with Gasteiger partial charge in [0.05, 0.1) is 6.04 Å². The first-order valence-corrected chi connectivity index (χ1v) is 8.82. The molecule has 2 aliphatic heterocycles. The Morgan fingerprint density at radius 2 is 2.27 bits per heavy atom. The zero-order valence-electron chi connectivity index (χ0n) is 13.4. The topological polar surface area (TPSA) is 35.6 Å². The van der Waals surface area contributed by atoms with E-state index in [9.17, 15) is 4.79 Å². The van der Waals surface area contributed by atoms with Crippen LogP contribution < -0.4 is 5.32 Å². The molecule has 0 aromatic carbocycles. The Morgan fingerprint density at radius 1 is 1.45 bits per heavy atom. The molecule has 3 rings (SSSR count). The number of likely N-dealkylation sites (tertiary alicyclic amines) is 1. The summed E-state index contributed by atoms with van der Waals surface area (Å²) in [6, 6.07) is 2.70. The highest BCUT2D eigenvalue weighted by atomic mass is 35.5. The smallest absolute Gasteiger partial charge is 0.239 e. The van der Waals surface area contributed by atoms with E-state index in [-0.39, 0.29) is 18.4 Å². The van der Waals surface area contributed by atoms with Crippen LogP contribution in [0.5, 0.6) is 0 Å². The lowest BCUT2D eigenvalue weighted by molar-refractivity contribution is -0.137. The number of hydrogen-bond acceptors (Lipinski definition) is 4. The highest BCUT2D eigenvalue weighted by molar-refractivity contribution is 7.10. The van der Waals surface area contributed by atoms with Crippen LogP contribution in [-0.2, 0) is 17.8 Å². The van der Waals surface area contributed by atoms with Crippen molar-refractivity contribution in [3.05, 3.63) is 21.9 Å². The number of carbonyl (C=O) groups is 1. The lowest BCUT2D eigenvalue weighted by atomic mass is 10.0. The molecule has 6 heteroatoms. The van der Waals surface area contributed by atoms with Crippen molar-refractivity contribution in [2.75, 3.05) is 26.7 Å². The maximum atomic E-state index is 12.8. The fourth-order valence-corrected chi connectivity index (χ4v) is 4.34. The highest BCUT2D eigenvalue weighted by Gasteiger charge is 2.31. The second kappa shape index (κ2) is 7.77. The van der Waals surface area contributed by atoms with Crippen LogP contribution in [0.1, 0.15) is 30.2 Å². The third-order valence-electron chi connectivity index (χ3n) is 4.89. The molecule has 3 heterocycles. The summed E-state index contributed by atoms with van der Waals surface area (Å²) in [4.78, 5) is 18.6. The van der Waals surface area contributed by atoms with Gasteiger partial charge in [-0.3, -0.25) is 9.69 Å². The number of thiophene rings is 1. The molecule has 0 radical (unpaired) electrons. The summed E-state index contributed by atoms with van der Waals surface area (Å²) < 4.78 is 0. The van der Waals surface area contributed by atoms with Gasteiger partial charge in [0, 0.05) is 30.6 Å². The zero-order valence-corrected chi connectivity index (χ0v) is 15.0. The summed E-state index contributed by atoms with van der Waals surface area (Å²) in [5, 5.41) is 5.49. The van der Waals surface area contributed by atoms with E-state index >= 15 is 0 Å². The van der Waals surface area contributed by atoms with Gasteiger partial charge < -0.3 is 10.2 Å². The summed E-state index contributed by atoms with van der Waals surface area (Å²) in [5.41, 5.74) is 1.35. The fraction of sp³-hybridized carbons (Fsp3) is 0.688. The molecule has 2 atom stereocenters. The summed E-state index contributed by atoms with van der Waals surface area (Å²) in [6.45, 7) is 5.78. The summed E-state index contributed by atoms with van der Waals surface area (Å²) in [5.74, 6) is 0.295. The number of carbonyl (C=O) groups excluding carboxylic acids is 1. The molecule has 1 N–H and O–H groups in total. The van der Waals surface area contributed by atoms with Gasteiger partial charge >= 0.3 is 0 Å². The molecule has 4 nitrogen and oxygen atoms in total. The maximum Gasteiger partial charge on any atom is 0.239 e. The molecule has 1 saturated heterocycles. The van der Waals surface area contributed by atoms with Crippen molar-refractivity contribution in [2.45, 2.75) is 44.8 Å². The van der Waals surface area contributed by atoms with Crippen LogP contribution in [0.15, 0.2) is 11.4 Å². The number of rotatable bonds is 3. The Morgan fingerprint density at radius 3 is 3.05 bits per heavy atom. The fourth-order valence-electron chi connectivity index (χ4n) is 3.45. The largest absolute Gasteiger partial charge is 0.337 e. The standard InChI is InChI=1S/C16H25N3OS.ClH/c1-12(18-7-3-4-14(11-18)17-2)16(20)19-8-5-15-13(10-19)6-9-21-15;/h6,9,12,14,17H,3-5,7-8,10-11H2,1-2H3;1H. The highest BCUT2D eigenvalue weighted by Crippen LogP contribution is 2.25. The Labute approximate surface area is 143 Å². The van der Waals surface area contributed by atoms with Crippen molar-refractivity contribution >= 4 is 29.7 Å². The number of likely N-dealkylation sites (N-methyl/N-ethyl adjacent to an activating group) is 1. The van der Waals surface area contributed by atoms with Crippen LogP contribution in [-0.4, -0.2) is 54.5 Å². The minimum Gasteiger partial charge on any atom is -0.337 e. The number of piperidine rings is 1. The second-order valence-electron chi connectivity index (χ2n) is 6.18. The van der Waals surface area contributed by atoms with Gasteiger partial charge in [0.25, 0.3) is 0 Å². The molecule has 22 heavy (non-hydrogen) atoms. The van der Waals surface area contributed by atoms with E-state index in [1.54, 1.807) is 0 Å². The average molecular weight is 344 g/mol. The molecule has 1 aromatic rings. The normalized spacial score (nSPS) is 23.5. The van der Waals surface area contributed by atoms with Crippen molar-refractivity contribution in [3.63, 3.8) is 0 Å². The van der Waals surface area contributed by atoms with E-state index < -0.39 is 0 Å². The molecule has 0 aliphatic carbocycles. The maximum absolute atomic E-state index is 12.8. The van der Waals surface area contributed by atoms with E-state index in [1.807, 2.05) is 23.3 Å². The lowest BCUT2D eigenvalue weighted by Gasteiger charge is -2.38. The van der Waals surface area contributed by atoms with E-state index in [0.29, 0.717) is 11.9 Å². The Kier molecular flexibility index (Phi) is 6.26. The van der Waals surface area contributed by atoms with Crippen molar-refractivity contribution in [1.82, 2.24) is 15.1 Å². The van der Waals surface area contributed by atoms with Crippen molar-refractivity contribution in [1.29, 1.82) is 0 Å². The van der Waals surface area contributed by atoms with Gasteiger partial charge in [-0.2, -0.15) is 0 Å². The van der Waals surface area contributed by atoms with Crippen LogP contribution >= 0.6 is 23.7 Å². The summed E-state index contributed by atoms with van der Waals surface area (Å²) in [7, 11) is 2.02. The van der Waals surface area contributed by atoms with E-state index in [4.69, 9.17) is 0 Å². The molecular weight excluding hydrogens is 318 g/mol. The second-order valence-corrected chi connectivity index (χ2v) is 7.18. The van der Waals surface area contributed by atoms with E-state index in [2.05, 4.69) is 28.6 Å². The van der Waals surface area contributed by atoms with Crippen molar-refractivity contribution < 1.29 is 4.79 Å². The number of amides is 1. The third-order valence-corrected chi connectivity index (χ3v) is 5.91. The Balaban J connectivity index is 0.00000176. The molecule has 0 saturated carbocycles. The first-order valence-electron chi connectivity index (χ1n) is 7.94. The number of halogens is 1. The van der Waals surface area contributed by atoms with Crippen LogP contribution in [0.4, 0.5) is 0 Å². The van der Waals surface area contributed by atoms with Crippen LogP contribution in [0.25, 0.3) is 0 Å².